The highest BCUT2D eigenvalue weighted by Crippen LogP contribution is 2.25. The van der Waals surface area contributed by atoms with Crippen LogP contribution in [0, 0.1) is 17.8 Å². The lowest BCUT2D eigenvalue weighted by Gasteiger charge is -2.26. The van der Waals surface area contributed by atoms with Gasteiger partial charge in [0.2, 0.25) is 0 Å². The zero-order valence-electron chi connectivity index (χ0n) is 34.0. The minimum Gasteiger partial charge on any atom is -0.862 e. The molecule has 0 aliphatic heterocycles. The Kier molecular flexibility index (Phi) is 29.9. The Hall–Kier alpha value is -2.75. The van der Waals surface area contributed by atoms with Crippen LogP contribution >= 0.6 is 0 Å². The van der Waals surface area contributed by atoms with E-state index in [2.05, 4.69) is 92.6 Å². The van der Waals surface area contributed by atoms with Gasteiger partial charge in [0.25, 0.3) is 10.1 Å². The molecular formula is C44H74NO7S-. The van der Waals surface area contributed by atoms with E-state index >= 15 is 0 Å². The van der Waals surface area contributed by atoms with Crippen molar-refractivity contribution < 1.29 is 32.7 Å². The maximum atomic E-state index is 12.9. The van der Waals surface area contributed by atoms with Crippen molar-refractivity contribution in [1.29, 1.82) is 0 Å². The lowest BCUT2D eigenvalue weighted by Crippen LogP contribution is -2.27. The predicted octanol–water partition coefficient (Wildman–Crippen LogP) is 10.2. The number of carbonyl (C=O) groups is 1. The quantitative estimate of drug-likeness (QED) is 0.0229. The van der Waals surface area contributed by atoms with Gasteiger partial charge in [0.15, 0.2) is 0 Å². The third-order valence-electron chi connectivity index (χ3n) is 8.78. The van der Waals surface area contributed by atoms with Gasteiger partial charge < -0.3 is 19.9 Å². The molecule has 9 heteroatoms. The van der Waals surface area contributed by atoms with E-state index in [9.17, 15) is 23.4 Å². The number of ether oxygens (including phenoxy) is 1. The molecule has 0 aromatic carbocycles. The van der Waals surface area contributed by atoms with Crippen molar-refractivity contribution in [3.8, 4) is 0 Å². The summed E-state index contributed by atoms with van der Waals surface area (Å²) in [4.78, 5) is 16.6. The second-order valence-electron chi connectivity index (χ2n) is 15.3. The summed E-state index contributed by atoms with van der Waals surface area (Å²) in [6.07, 6.45) is 39.5. The van der Waals surface area contributed by atoms with Crippen molar-refractivity contribution in [2.75, 3.05) is 12.3 Å². The minimum absolute atomic E-state index is 0.110. The van der Waals surface area contributed by atoms with Crippen LogP contribution in [-0.2, 0) is 19.6 Å². The molecule has 2 unspecified atom stereocenters. The topological polar surface area (TPSA) is 136 Å². The highest BCUT2D eigenvalue weighted by Gasteiger charge is 2.21. The lowest BCUT2D eigenvalue weighted by atomic mass is 9.89. The summed E-state index contributed by atoms with van der Waals surface area (Å²) in [5.41, 5.74) is -0.621. The van der Waals surface area contributed by atoms with Crippen LogP contribution in [0.15, 0.2) is 77.9 Å². The maximum absolute atomic E-state index is 12.9. The predicted molar refractivity (Wildman–Crippen MR) is 221 cm³/mol. The van der Waals surface area contributed by atoms with Crippen LogP contribution in [0.25, 0.3) is 0 Å². The van der Waals surface area contributed by atoms with Gasteiger partial charge in [-0.25, -0.2) is 0 Å². The van der Waals surface area contributed by atoms with E-state index < -0.39 is 27.4 Å². The molecule has 0 bridgehead atoms. The molecule has 53 heavy (non-hydrogen) atoms. The van der Waals surface area contributed by atoms with E-state index in [4.69, 9.17) is 9.29 Å². The summed E-state index contributed by atoms with van der Waals surface area (Å²) in [5, 5.41) is 22.3. The molecule has 0 amide bonds. The van der Waals surface area contributed by atoms with Crippen molar-refractivity contribution in [2.24, 2.45) is 22.7 Å². The zero-order chi connectivity index (χ0) is 39.8. The third-order valence-corrected chi connectivity index (χ3v) is 9.48. The smallest absolute Gasteiger partial charge is 0.306 e. The Morgan fingerprint density at radius 2 is 1.23 bits per heavy atom. The van der Waals surface area contributed by atoms with Crippen LogP contribution in [0.1, 0.15) is 151 Å². The molecule has 0 radical (unpaired) electrons. The molecule has 0 saturated carbocycles. The number of hydrogen-bond donors (Lipinski definition) is 2. The van der Waals surface area contributed by atoms with Crippen molar-refractivity contribution in [1.82, 2.24) is 0 Å². The molecule has 304 valence electrons. The molecule has 0 saturated heterocycles. The van der Waals surface area contributed by atoms with Crippen LogP contribution in [0.4, 0.5) is 0 Å². The molecular weight excluding hydrogens is 687 g/mol. The molecule has 8 nitrogen and oxygen atoms in total. The van der Waals surface area contributed by atoms with Gasteiger partial charge in [-0.1, -0.05) is 133 Å². The van der Waals surface area contributed by atoms with Crippen molar-refractivity contribution in [3.63, 3.8) is 0 Å². The summed E-state index contributed by atoms with van der Waals surface area (Å²) in [6.45, 7) is 11.9. The van der Waals surface area contributed by atoms with E-state index in [0.29, 0.717) is 31.1 Å². The van der Waals surface area contributed by atoms with Crippen LogP contribution in [0.3, 0.4) is 0 Å². The second-order valence-corrected chi connectivity index (χ2v) is 16.8. The van der Waals surface area contributed by atoms with Crippen LogP contribution < -0.4 is 5.11 Å². The van der Waals surface area contributed by atoms with Crippen LogP contribution in [0.2, 0.25) is 0 Å². The van der Waals surface area contributed by atoms with Gasteiger partial charge in [0.1, 0.15) is 6.10 Å². The fourth-order valence-electron chi connectivity index (χ4n) is 5.87. The minimum atomic E-state index is -4.17. The van der Waals surface area contributed by atoms with E-state index in [1.165, 1.54) is 0 Å². The fourth-order valence-corrected chi connectivity index (χ4v) is 6.19. The molecule has 2 N–H and O–H groups in total. The van der Waals surface area contributed by atoms with Gasteiger partial charge in [-0.2, -0.15) is 8.42 Å². The SMILES string of the molecule is CC/C=C\C/C=C\C/C=C\C/C=C\C/C=C\C/C=C\CCC(=O)OC(CC(C)CC([O-])=NCCS(=O)(=O)O)C[C@H](C)CCC[C@H](C)CCCC(C)(C)O. The number of carbonyl (C=O) groups excluding carboxylic acids is 1. The first-order valence-electron chi connectivity index (χ1n) is 20.1. The third kappa shape index (κ3) is 37.4. The van der Waals surface area contributed by atoms with E-state index in [-0.39, 0.29) is 37.4 Å². The summed E-state index contributed by atoms with van der Waals surface area (Å²) in [7, 11) is -4.17. The van der Waals surface area contributed by atoms with E-state index in [1.807, 2.05) is 26.8 Å². The van der Waals surface area contributed by atoms with Crippen molar-refractivity contribution in [3.05, 3.63) is 72.9 Å². The molecule has 0 aromatic heterocycles. The number of aliphatic hydroxyl groups is 1. The Morgan fingerprint density at radius 1 is 0.755 bits per heavy atom. The average molecular weight is 761 g/mol. The van der Waals surface area contributed by atoms with Crippen LogP contribution in [0.5, 0.6) is 0 Å². The first kappa shape index (κ1) is 50.2. The number of rotatable bonds is 32. The highest BCUT2D eigenvalue weighted by atomic mass is 32.2. The van der Waals surface area contributed by atoms with Crippen molar-refractivity contribution >= 4 is 22.0 Å². The first-order valence-corrected chi connectivity index (χ1v) is 21.7. The summed E-state index contributed by atoms with van der Waals surface area (Å²) in [6, 6.07) is 0. The monoisotopic (exact) mass is 761 g/mol. The Morgan fingerprint density at radius 3 is 1.74 bits per heavy atom. The van der Waals surface area contributed by atoms with Gasteiger partial charge >= 0.3 is 5.97 Å². The fraction of sp³-hybridized carbons (Fsp3) is 0.682. The zero-order valence-corrected chi connectivity index (χ0v) is 34.8. The highest BCUT2D eigenvalue weighted by molar-refractivity contribution is 7.85. The normalized spacial score (nSPS) is 15.9. The first-order chi connectivity index (χ1) is 25.1. The molecule has 4 atom stereocenters. The lowest BCUT2D eigenvalue weighted by molar-refractivity contribution is -0.220. The van der Waals surface area contributed by atoms with Crippen molar-refractivity contribution in [2.45, 2.75) is 162 Å². The molecule has 0 aliphatic carbocycles. The molecule has 0 aliphatic rings. The van der Waals surface area contributed by atoms with Crippen LogP contribution in [-0.4, -0.2) is 53.9 Å². The molecule has 0 rings (SSSR count). The Labute approximate surface area is 324 Å². The van der Waals surface area contributed by atoms with Gasteiger partial charge in [-0.05, 0) is 108 Å². The van der Waals surface area contributed by atoms with Gasteiger partial charge in [0.05, 0.1) is 17.9 Å². The second kappa shape index (κ2) is 31.6. The summed E-state index contributed by atoms with van der Waals surface area (Å²) >= 11 is 0. The van der Waals surface area contributed by atoms with E-state index in [0.717, 1.165) is 77.0 Å². The number of aliphatic imine (C=N–C) groups is 1. The number of hydrogen-bond acceptors (Lipinski definition) is 7. The Bertz CT molecular complexity index is 1250. The number of esters is 1. The van der Waals surface area contributed by atoms with Gasteiger partial charge in [0, 0.05) is 6.42 Å². The van der Waals surface area contributed by atoms with Gasteiger partial charge in [-0.15, -0.1) is 0 Å². The number of nitrogens with zero attached hydrogens (tertiary/aromatic N) is 1. The largest absolute Gasteiger partial charge is 0.862 e. The maximum Gasteiger partial charge on any atom is 0.306 e. The molecule has 0 spiro atoms. The average Bonchev–Trinajstić information content (AvgIpc) is 3.04. The summed E-state index contributed by atoms with van der Waals surface area (Å²) in [5.74, 6) is -0.445. The molecule has 0 aromatic rings. The number of allylic oxidation sites excluding steroid dienone is 12. The Balaban J connectivity index is 4.75. The molecule has 0 fully saturated rings. The van der Waals surface area contributed by atoms with Gasteiger partial charge in [-0.3, -0.25) is 9.35 Å². The standard InChI is InChI=1S/C44H75NO7S/c1-7-8-9-10-11-12-13-14-15-16-17-18-19-20-21-22-23-24-25-31-43(47)52-41(36-40(4)37-42(46)45-33-34-53(49,50)51)35-39(3)29-26-28-38(2)30-27-32-44(5,6)48/h8-9,11-12,14-15,17-18,20-21,23-24,38-41,48H,7,10,13,16,19,22,25-37H2,1-6H3,(H,45,46)(H,49,50,51)/p-1/b9-8-,12-11-,15-14-,18-17-,21-20-,24-23-/t38-,39+,40?,41?/m0/s1. The van der Waals surface area contributed by atoms with E-state index in [1.54, 1.807) is 0 Å². The summed E-state index contributed by atoms with van der Waals surface area (Å²) < 4.78 is 36.7. The molecule has 0 heterocycles.